The molecule has 0 radical (unpaired) electrons. The fourth-order valence-electron chi connectivity index (χ4n) is 3.09. The molecule has 0 aromatic heterocycles. The number of nitrogens with zero attached hydrogens (tertiary/aromatic N) is 1. The molecule has 1 heterocycles. The van der Waals surface area contributed by atoms with Crippen molar-refractivity contribution in [3.63, 3.8) is 0 Å². The number of carboxylic acid groups (broad SMARTS) is 1. The maximum absolute atomic E-state index is 13.1. The average Bonchev–Trinajstić information content (AvgIpc) is 3.06. The zero-order valence-corrected chi connectivity index (χ0v) is 17.9. The highest BCUT2D eigenvalue weighted by atomic mass is 79.9. The summed E-state index contributed by atoms with van der Waals surface area (Å²) in [6.45, 7) is 6.45. The summed E-state index contributed by atoms with van der Waals surface area (Å²) < 4.78 is 0.874. The van der Waals surface area contributed by atoms with Gasteiger partial charge in [-0.1, -0.05) is 61.0 Å². The quantitative estimate of drug-likeness (QED) is 0.711. The minimum atomic E-state index is -0.971. The van der Waals surface area contributed by atoms with Crippen LogP contribution in [0.5, 0.6) is 0 Å². The van der Waals surface area contributed by atoms with E-state index in [1.54, 1.807) is 24.3 Å². The number of hydrogen-bond acceptors (Lipinski definition) is 3. The molecular weight excluding hydrogens is 426 g/mol. The number of amides is 1. The summed E-state index contributed by atoms with van der Waals surface area (Å²) in [5.74, 6) is -0.852. The van der Waals surface area contributed by atoms with Crippen LogP contribution in [0.15, 0.2) is 53.0 Å². The zero-order valence-electron chi connectivity index (χ0n) is 15.5. The van der Waals surface area contributed by atoms with Crippen LogP contribution in [-0.4, -0.2) is 33.7 Å². The van der Waals surface area contributed by atoms with Crippen molar-refractivity contribution in [2.24, 2.45) is 0 Å². The third kappa shape index (κ3) is 4.22. The lowest BCUT2D eigenvalue weighted by atomic mass is 9.86. The predicted octanol–water partition coefficient (Wildman–Crippen LogP) is 5.09. The Balaban J connectivity index is 1.95. The van der Waals surface area contributed by atoms with Gasteiger partial charge in [0.05, 0.1) is 0 Å². The topological polar surface area (TPSA) is 57.6 Å². The van der Waals surface area contributed by atoms with Gasteiger partial charge < -0.3 is 10.0 Å². The molecular formula is C21H22BrNO3S. The van der Waals surface area contributed by atoms with Crippen molar-refractivity contribution in [1.29, 1.82) is 0 Å². The van der Waals surface area contributed by atoms with Gasteiger partial charge in [0.25, 0.3) is 5.91 Å². The van der Waals surface area contributed by atoms with Gasteiger partial charge in [0.2, 0.25) is 0 Å². The number of benzene rings is 2. The van der Waals surface area contributed by atoms with E-state index in [2.05, 4.69) is 48.8 Å². The van der Waals surface area contributed by atoms with Crippen LogP contribution in [0.25, 0.3) is 0 Å². The van der Waals surface area contributed by atoms with Crippen LogP contribution >= 0.6 is 27.7 Å². The molecule has 2 aromatic carbocycles. The Morgan fingerprint density at radius 1 is 1.07 bits per heavy atom. The Morgan fingerprint density at radius 3 is 2.19 bits per heavy atom. The van der Waals surface area contributed by atoms with Crippen molar-refractivity contribution < 1.29 is 14.7 Å². The maximum atomic E-state index is 13.1. The van der Waals surface area contributed by atoms with Crippen molar-refractivity contribution in [3.8, 4) is 0 Å². The molecule has 1 amide bonds. The van der Waals surface area contributed by atoms with Crippen LogP contribution in [-0.2, 0) is 10.2 Å². The second kappa shape index (κ2) is 7.68. The van der Waals surface area contributed by atoms with E-state index in [-0.39, 0.29) is 16.7 Å². The molecule has 1 saturated heterocycles. The van der Waals surface area contributed by atoms with Crippen LogP contribution < -0.4 is 0 Å². The second-order valence-electron chi connectivity index (χ2n) is 7.63. The number of carboxylic acids is 1. The molecule has 6 heteroatoms. The highest BCUT2D eigenvalue weighted by molar-refractivity contribution is 9.10. The number of rotatable bonds is 3. The lowest BCUT2D eigenvalue weighted by molar-refractivity contribution is -0.141. The third-order valence-corrected chi connectivity index (χ3v) is 6.52. The lowest BCUT2D eigenvalue weighted by Crippen LogP contribution is -2.42. The van der Waals surface area contributed by atoms with Gasteiger partial charge in [0, 0.05) is 15.8 Å². The Hall–Kier alpha value is -1.79. The molecule has 0 spiro atoms. The summed E-state index contributed by atoms with van der Waals surface area (Å²) >= 11 is 4.86. The minimum absolute atomic E-state index is 0.0396. The van der Waals surface area contributed by atoms with Gasteiger partial charge >= 0.3 is 5.97 Å². The van der Waals surface area contributed by atoms with Gasteiger partial charge in [-0.3, -0.25) is 4.79 Å². The summed E-state index contributed by atoms with van der Waals surface area (Å²) in [4.78, 5) is 26.4. The van der Waals surface area contributed by atoms with Crippen LogP contribution in [0.3, 0.4) is 0 Å². The van der Waals surface area contributed by atoms with Crippen molar-refractivity contribution in [1.82, 2.24) is 4.90 Å². The number of carbonyl (C=O) groups is 2. The Bertz CT molecular complexity index is 843. The largest absolute Gasteiger partial charge is 0.480 e. The summed E-state index contributed by atoms with van der Waals surface area (Å²) in [5, 5.41) is 9.32. The van der Waals surface area contributed by atoms with Crippen molar-refractivity contribution in [3.05, 3.63) is 69.7 Å². The first-order chi connectivity index (χ1) is 12.7. The molecule has 3 rings (SSSR count). The maximum Gasteiger partial charge on any atom is 0.327 e. The van der Waals surface area contributed by atoms with Crippen LogP contribution in [0.1, 0.15) is 47.6 Å². The summed E-state index contributed by atoms with van der Waals surface area (Å²) in [6, 6.07) is 14.3. The standard InChI is InChI=1S/C21H22BrNO3S/c1-21(2,3)15-8-4-14(5-9-15)19-23(17(12-27-19)20(25)26)18(24)13-6-10-16(22)11-7-13/h4-11,17,19H,12H2,1-3H3,(H,25,26). The van der Waals surface area contributed by atoms with Crippen LogP contribution in [0.2, 0.25) is 0 Å². The highest BCUT2D eigenvalue weighted by Crippen LogP contribution is 2.42. The van der Waals surface area contributed by atoms with Crippen molar-refractivity contribution in [2.45, 2.75) is 37.6 Å². The van der Waals surface area contributed by atoms with E-state index in [9.17, 15) is 14.7 Å². The monoisotopic (exact) mass is 447 g/mol. The molecule has 0 bridgehead atoms. The predicted molar refractivity (Wildman–Crippen MR) is 112 cm³/mol. The average molecular weight is 448 g/mol. The molecule has 1 fully saturated rings. The fourth-order valence-corrected chi connectivity index (χ4v) is 4.78. The minimum Gasteiger partial charge on any atom is -0.480 e. The molecule has 2 unspecified atom stereocenters. The molecule has 142 valence electrons. The second-order valence-corrected chi connectivity index (χ2v) is 9.66. The number of carbonyl (C=O) groups excluding carboxylic acids is 1. The normalized spacial score (nSPS) is 19.9. The van der Waals surface area contributed by atoms with Gasteiger partial charge in [0.15, 0.2) is 0 Å². The first-order valence-electron chi connectivity index (χ1n) is 8.71. The number of aliphatic carboxylic acids is 1. The lowest BCUT2D eigenvalue weighted by Gasteiger charge is -2.28. The smallest absolute Gasteiger partial charge is 0.327 e. The van der Waals surface area contributed by atoms with Gasteiger partial charge in [0.1, 0.15) is 11.4 Å². The molecule has 0 saturated carbocycles. The summed E-state index contributed by atoms with van der Waals surface area (Å²) in [5.41, 5.74) is 2.68. The van der Waals surface area contributed by atoms with E-state index < -0.39 is 12.0 Å². The van der Waals surface area contributed by atoms with Gasteiger partial charge in [-0.15, -0.1) is 11.8 Å². The molecule has 2 atom stereocenters. The van der Waals surface area contributed by atoms with Crippen LogP contribution in [0.4, 0.5) is 0 Å². The fraction of sp³-hybridized carbons (Fsp3) is 0.333. The van der Waals surface area contributed by atoms with E-state index >= 15 is 0 Å². The van der Waals surface area contributed by atoms with E-state index in [1.165, 1.54) is 22.2 Å². The van der Waals surface area contributed by atoms with Crippen molar-refractivity contribution in [2.75, 3.05) is 5.75 Å². The van der Waals surface area contributed by atoms with E-state index in [1.807, 2.05) is 12.1 Å². The van der Waals surface area contributed by atoms with Gasteiger partial charge in [-0.2, -0.15) is 0 Å². The third-order valence-electron chi connectivity index (χ3n) is 4.67. The first kappa shape index (κ1) is 20.0. The molecule has 0 aliphatic carbocycles. The Labute approximate surface area is 172 Å². The molecule has 2 aromatic rings. The first-order valence-corrected chi connectivity index (χ1v) is 10.6. The van der Waals surface area contributed by atoms with E-state index in [4.69, 9.17) is 0 Å². The summed E-state index contributed by atoms with van der Waals surface area (Å²) in [6.07, 6.45) is 0. The number of halogens is 1. The van der Waals surface area contributed by atoms with Crippen molar-refractivity contribution >= 4 is 39.6 Å². The molecule has 1 aliphatic rings. The number of thioether (sulfide) groups is 1. The summed E-state index contributed by atoms with van der Waals surface area (Å²) in [7, 11) is 0. The SMILES string of the molecule is CC(C)(C)c1ccc(C2SCC(C(=O)O)N2C(=O)c2ccc(Br)cc2)cc1. The molecule has 27 heavy (non-hydrogen) atoms. The molecule has 1 aliphatic heterocycles. The van der Waals surface area contributed by atoms with Crippen LogP contribution in [0, 0.1) is 0 Å². The Kier molecular flexibility index (Phi) is 5.68. The molecule has 1 N–H and O–H groups in total. The molecule has 4 nitrogen and oxygen atoms in total. The van der Waals surface area contributed by atoms with Gasteiger partial charge in [-0.25, -0.2) is 4.79 Å². The Morgan fingerprint density at radius 2 is 1.67 bits per heavy atom. The van der Waals surface area contributed by atoms with E-state index in [0.29, 0.717) is 11.3 Å². The zero-order chi connectivity index (χ0) is 19.8. The number of hydrogen-bond donors (Lipinski definition) is 1. The van der Waals surface area contributed by atoms with E-state index in [0.717, 1.165) is 10.0 Å². The van der Waals surface area contributed by atoms with Gasteiger partial charge in [-0.05, 0) is 40.8 Å². The highest BCUT2D eigenvalue weighted by Gasteiger charge is 2.42.